The van der Waals surface area contributed by atoms with Crippen LogP contribution < -0.4 is 11.1 Å². The van der Waals surface area contributed by atoms with Crippen molar-refractivity contribution in [2.45, 2.75) is 56.9 Å². The Balaban J connectivity index is 2.33. The van der Waals surface area contributed by atoms with E-state index in [1.165, 1.54) is 6.42 Å². The molecule has 1 rings (SSSR count). The van der Waals surface area contributed by atoms with Gasteiger partial charge in [0.05, 0.1) is 5.54 Å². The summed E-state index contributed by atoms with van der Waals surface area (Å²) in [5, 5.41) is 3.75. The van der Waals surface area contributed by atoms with Gasteiger partial charge in [-0.25, -0.2) is 0 Å². The maximum Gasteiger partial charge on any atom is 0.239 e. The summed E-state index contributed by atoms with van der Waals surface area (Å²) >= 11 is 1.99. The molecule has 0 radical (unpaired) electrons. The van der Waals surface area contributed by atoms with Gasteiger partial charge in [-0.2, -0.15) is 11.8 Å². The van der Waals surface area contributed by atoms with Gasteiger partial charge in [-0.05, 0) is 38.9 Å². The lowest BCUT2D eigenvalue weighted by molar-refractivity contribution is -0.125. The first-order valence-corrected chi connectivity index (χ1v) is 6.69. The van der Waals surface area contributed by atoms with Crippen molar-refractivity contribution in [1.29, 1.82) is 0 Å². The van der Waals surface area contributed by atoms with Gasteiger partial charge in [0.15, 0.2) is 0 Å². The van der Waals surface area contributed by atoms with Gasteiger partial charge >= 0.3 is 0 Å². The molecule has 1 aliphatic rings. The fourth-order valence-electron chi connectivity index (χ4n) is 1.83. The van der Waals surface area contributed by atoms with Crippen molar-refractivity contribution in [2.75, 3.05) is 5.75 Å². The van der Waals surface area contributed by atoms with Gasteiger partial charge < -0.3 is 11.1 Å². The van der Waals surface area contributed by atoms with Crippen LogP contribution in [0.25, 0.3) is 0 Å². The zero-order chi connectivity index (χ0) is 11.5. The summed E-state index contributed by atoms with van der Waals surface area (Å²) in [6.45, 7) is 5.67. The number of nitrogens with one attached hydrogen (secondary N) is 1. The van der Waals surface area contributed by atoms with Crippen LogP contribution in [0.2, 0.25) is 0 Å². The van der Waals surface area contributed by atoms with Gasteiger partial charge in [-0.15, -0.1) is 0 Å². The second-order valence-electron chi connectivity index (χ2n) is 4.78. The zero-order valence-corrected chi connectivity index (χ0v) is 10.7. The molecule has 15 heavy (non-hydrogen) atoms. The third-order valence-corrected chi connectivity index (χ3v) is 3.94. The van der Waals surface area contributed by atoms with Crippen molar-refractivity contribution < 1.29 is 4.79 Å². The van der Waals surface area contributed by atoms with Crippen LogP contribution in [0.15, 0.2) is 0 Å². The minimum absolute atomic E-state index is 0.0327. The Kier molecular flexibility index (Phi) is 4.46. The van der Waals surface area contributed by atoms with Crippen LogP contribution in [0.3, 0.4) is 0 Å². The molecular weight excluding hydrogens is 208 g/mol. The highest BCUT2D eigenvalue weighted by molar-refractivity contribution is 7.99. The van der Waals surface area contributed by atoms with E-state index in [0.29, 0.717) is 6.04 Å². The molecule has 1 amide bonds. The molecule has 0 saturated heterocycles. The molecule has 0 aromatic carbocycles. The van der Waals surface area contributed by atoms with Crippen molar-refractivity contribution in [3.8, 4) is 0 Å². The third kappa shape index (κ3) is 4.03. The molecule has 0 bridgehead atoms. The third-order valence-electron chi connectivity index (χ3n) is 2.71. The molecule has 0 aliphatic heterocycles. The number of carbonyl (C=O) groups is 1. The van der Waals surface area contributed by atoms with Crippen LogP contribution in [-0.2, 0) is 4.79 Å². The van der Waals surface area contributed by atoms with Crippen LogP contribution >= 0.6 is 11.8 Å². The van der Waals surface area contributed by atoms with Crippen molar-refractivity contribution in [3.63, 3.8) is 0 Å². The van der Waals surface area contributed by atoms with Crippen molar-refractivity contribution in [3.05, 3.63) is 0 Å². The van der Waals surface area contributed by atoms with Gasteiger partial charge in [-0.1, -0.05) is 6.92 Å². The highest BCUT2D eigenvalue weighted by Gasteiger charge is 2.29. The minimum atomic E-state index is -0.754. The van der Waals surface area contributed by atoms with E-state index in [1.54, 1.807) is 13.8 Å². The number of rotatable bonds is 4. The van der Waals surface area contributed by atoms with E-state index < -0.39 is 5.54 Å². The Hall–Kier alpha value is -0.220. The Bertz CT molecular complexity index is 225. The maximum absolute atomic E-state index is 11.6. The fourth-order valence-corrected chi connectivity index (χ4v) is 2.97. The predicted octanol–water partition coefficient (Wildman–Crippen LogP) is 1.51. The fraction of sp³-hybridized carbons (Fsp3) is 0.909. The summed E-state index contributed by atoms with van der Waals surface area (Å²) in [6, 6.07) is 0.337. The summed E-state index contributed by atoms with van der Waals surface area (Å²) < 4.78 is 0. The van der Waals surface area contributed by atoms with Crippen molar-refractivity contribution in [1.82, 2.24) is 5.32 Å². The van der Waals surface area contributed by atoms with Crippen molar-refractivity contribution in [2.24, 2.45) is 5.73 Å². The zero-order valence-electron chi connectivity index (χ0n) is 9.88. The normalized spacial score (nSPS) is 26.7. The lowest BCUT2D eigenvalue weighted by atomic mass is 10.1. The number of carbonyl (C=O) groups excluding carboxylic acids is 1. The Labute approximate surface area is 96.6 Å². The second kappa shape index (κ2) is 5.21. The molecule has 3 nitrogen and oxygen atoms in total. The summed E-state index contributed by atoms with van der Waals surface area (Å²) in [6.07, 6.45) is 3.41. The molecular formula is C11H22N2OS. The van der Waals surface area contributed by atoms with E-state index in [0.717, 1.165) is 23.8 Å². The Morgan fingerprint density at radius 1 is 1.53 bits per heavy atom. The van der Waals surface area contributed by atoms with E-state index in [-0.39, 0.29) is 5.91 Å². The predicted molar refractivity (Wildman–Crippen MR) is 66.0 cm³/mol. The quantitative estimate of drug-likeness (QED) is 0.770. The average Bonchev–Trinajstić information content (AvgIpc) is 2.51. The topological polar surface area (TPSA) is 55.1 Å². The van der Waals surface area contributed by atoms with Gasteiger partial charge in [-0.3, -0.25) is 4.79 Å². The molecule has 88 valence electrons. The minimum Gasteiger partial charge on any atom is -0.352 e. The smallest absolute Gasteiger partial charge is 0.239 e. The Morgan fingerprint density at radius 3 is 2.73 bits per heavy atom. The first-order valence-electron chi connectivity index (χ1n) is 5.65. The van der Waals surface area contributed by atoms with Gasteiger partial charge in [0.25, 0.3) is 0 Å². The monoisotopic (exact) mass is 230 g/mol. The summed E-state index contributed by atoms with van der Waals surface area (Å²) in [5.74, 6) is 1.13. The first kappa shape index (κ1) is 12.8. The number of thioether (sulfide) groups is 1. The molecule has 1 saturated carbocycles. The highest BCUT2D eigenvalue weighted by Crippen LogP contribution is 2.29. The molecule has 1 aliphatic carbocycles. The van der Waals surface area contributed by atoms with Crippen LogP contribution in [-0.4, -0.2) is 28.5 Å². The SMILES string of the molecule is CCSC1CCC(NC(=O)C(C)(C)N)C1. The molecule has 0 spiro atoms. The van der Waals surface area contributed by atoms with Gasteiger partial charge in [0.1, 0.15) is 0 Å². The number of nitrogens with two attached hydrogens (primary N) is 1. The summed E-state index contributed by atoms with van der Waals surface area (Å²) in [4.78, 5) is 11.6. The van der Waals surface area contributed by atoms with E-state index in [2.05, 4.69) is 12.2 Å². The van der Waals surface area contributed by atoms with Crippen LogP contribution in [0, 0.1) is 0 Å². The van der Waals surface area contributed by atoms with E-state index >= 15 is 0 Å². The van der Waals surface area contributed by atoms with E-state index in [1.807, 2.05) is 11.8 Å². The Morgan fingerprint density at radius 2 is 2.20 bits per heavy atom. The number of amides is 1. The van der Waals surface area contributed by atoms with Gasteiger partial charge in [0.2, 0.25) is 5.91 Å². The average molecular weight is 230 g/mol. The molecule has 3 N–H and O–H groups in total. The van der Waals surface area contributed by atoms with Crippen LogP contribution in [0.4, 0.5) is 0 Å². The summed E-state index contributed by atoms with van der Waals surface area (Å²) in [7, 11) is 0. The largest absolute Gasteiger partial charge is 0.352 e. The van der Waals surface area contributed by atoms with Crippen LogP contribution in [0.1, 0.15) is 40.0 Å². The van der Waals surface area contributed by atoms with E-state index in [4.69, 9.17) is 5.73 Å². The highest BCUT2D eigenvalue weighted by atomic mass is 32.2. The van der Waals surface area contributed by atoms with Crippen molar-refractivity contribution >= 4 is 17.7 Å². The van der Waals surface area contributed by atoms with E-state index in [9.17, 15) is 4.79 Å². The van der Waals surface area contributed by atoms with Gasteiger partial charge in [0, 0.05) is 11.3 Å². The molecule has 2 unspecified atom stereocenters. The molecule has 0 aromatic rings. The lowest BCUT2D eigenvalue weighted by Crippen LogP contribution is -2.51. The van der Waals surface area contributed by atoms with Crippen LogP contribution in [0.5, 0.6) is 0 Å². The molecule has 0 heterocycles. The molecule has 1 fully saturated rings. The maximum atomic E-state index is 11.6. The second-order valence-corrected chi connectivity index (χ2v) is 6.36. The molecule has 4 heteroatoms. The number of hydrogen-bond acceptors (Lipinski definition) is 3. The number of hydrogen-bond donors (Lipinski definition) is 2. The molecule has 2 atom stereocenters. The first-order chi connectivity index (χ1) is 6.93. The molecule has 0 aromatic heterocycles. The standard InChI is InChI=1S/C11H22N2OS/c1-4-15-9-6-5-8(7-9)13-10(14)11(2,3)12/h8-9H,4-7,12H2,1-3H3,(H,13,14). The summed E-state index contributed by atoms with van der Waals surface area (Å²) in [5.41, 5.74) is 4.98. The lowest BCUT2D eigenvalue weighted by Gasteiger charge is -2.21.